The summed E-state index contributed by atoms with van der Waals surface area (Å²) in [7, 11) is 0. The van der Waals surface area contributed by atoms with E-state index >= 15 is 0 Å². The van der Waals surface area contributed by atoms with E-state index in [0.717, 1.165) is 39.2 Å². The molecule has 1 aromatic heterocycles. The fraction of sp³-hybridized carbons (Fsp3) is 0.133. The molecular weight excluding hydrogens is 290 g/mol. The van der Waals surface area contributed by atoms with Crippen LogP contribution < -0.4 is 0 Å². The molecule has 0 unspecified atom stereocenters. The second-order valence-electron chi connectivity index (χ2n) is 4.34. The summed E-state index contributed by atoms with van der Waals surface area (Å²) in [4.78, 5) is 4.30. The molecule has 3 rings (SSSR count). The van der Waals surface area contributed by atoms with Crippen molar-refractivity contribution in [2.45, 2.75) is 12.2 Å². The average molecular weight is 302 g/mol. The summed E-state index contributed by atoms with van der Waals surface area (Å²) < 4.78 is 0. The number of thioether (sulfide) groups is 1. The first-order valence-electron chi connectivity index (χ1n) is 6.23. The minimum Gasteiger partial charge on any atom is -0.260 e. The Bertz CT molecular complexity index is 668. The highest BCUT2D eigenvalue weighted by Gasteiger charge is 2.15. The highest BCUT2D eigenvalue weighted by atomic mass is 35.5. The van der Waals surface area contributed by atoms with Gasteiger partial charge in [-0.25, -0.2) is 0 Å². The van der Waals surface area contributed by atoms with Crippen LogP contribution in [-0.2, 0) is 5.75 Å². The maximum atomic E-state index is 5.99. The van der Waals surface area contributed by atoms with Crippen molar-refractivity contribution >= 4 is 34.1 Å². The topological polar surface area (TPSA) is 37.6 Å². The number of benzene rings is 1. The van der Waals surface area contributed by atoms with Crippen molar-refractivity contribution in [3.63, 3.8) is 0 Å². The minimum atomic E-state index is 0.722. The maximum Gasteiger partial charge on any atom is 0.102 e. The van der Waals surface area contributed by atoms with Crippen LogP contribution >= 0.6 is 23.4 Å². The number of aromatic nitrogens is 1. The minimum absolute atomic E-state index is 0.722. The fourth-order valence-electron chi connectivity index (χ4n) is 1.88. The maximum absolute atomic E-state index is 5.99. The van der Waals surface area contributed by atoms with E-state index in [4.69, 9.17) is 11.6 Å². The Balaban J connectivity index is 1.59. The molecule has 0 saturated carbocycles. The van der Waals surface area contributed by atoms with Gasteiger partial charge in [0.2, 0.25) is 0 Å². The van der Waals surface area contributed by atoms with Gasteiger partial charge >= 0.3 is 0 Å². The number of rotatable bonds is 3. The van der Waals surface area contributed by atoms with Crippen LogP contribution in [0.4, 0.5) is 0 Å². The lowest BCUT2D eigenvalue weighted by Crippen LogP contribution is -2.01. The summed E-state index contributed by atoms with van der Waals surface area (Å²) in [6, 6.07) is 13.6. The smallest absolute Gasteiger partial charge is 0.102 e. The van der Waals surface area contributed by atoms with Gasteiger partial charge in [0.25, 0.3) is 0 Å². The first kappa shape index (κ1) is 13.3. The fourth-order valence-corrected chi connectivity index (χ4v) is 2.89. The monoisotopic (exact) mass is 301 g/mol. The van der Waals surface area contributed by atoms with Crippen molar-refractivity contribution in [3.8, 4) is 0 Å². The zero-order valence-electron chi connectivity index (χ0n) is 10.7. The predicted molar refractivity (Wildman–Crippen MR) is 85.6 cm³/mol. The molecule has 1 aromatic carbocycles. The van der Waals surface area contributed by atoms with Crippen LogP contribution in [-0.4, -0.2) is 15.7 Å². The molecule has 0 spiro atoms. The Kier molecular flexibility index (Phi) is 4.14. The van der Waals surface area contributed by atoms with Crippen molar-refractivity contribution in [1.82, 2.24) is 4.98 Å². The van der Waals surface area contributed by atoms with Gasteiger partial charge in [-0.3, -0.25) is 4.98 Å². The predicted octanol–water partition coefficient (Wildman–Crippen LogP) is 4.17. The molecule has 0 radical (unpaired) electrons. The molecule has 0 bridgehead atoms. The van der Waals surface area contributed by atoms with Gasteiger partial charge in [0.15, 0.2) is 0 Å². The molecule has 0 aliphatic carbocycles. The van der Waals surface area contributed by atoms with E-state index in [2.05, 4.69) is 15.2 Å². The third kappa shape index (κ3) is 3.26. The van der Waals surface area contributed by atoms with Gasteiger partial charge in [-0.05, 0) is 29.8 Å². The standard InChI is InChI=1S/C15H12ClN3S/c16-12-5-3-4-11(8-12)14-9-15(19-18-14)20-10-13-6-1-2-7-17-13/h1-8H,9-10H2. The van der Waals surface area contributed by atoms with Crippen LogP contribution in [0.3, 0.4) is 0 Å². The van der Waals surface area contributed by atoms with Gasteiger partial charge in [-0.1, -0.05) is 29.8 Å². The summed E-state index contributed by atoms with van der Waals surface area (Å²) in [6.07, 6.45) is 2.57. The lowest BCUT2D eigenvalue weighted by Gasteiger charge is -2.02. The van der Waals surface area contributed by atoms with Crippen LogP contribution in [0.1, 0.15) is 17.7 Å². The third-order valence-electron chi connectivity index (χ3n) is 2.87. The number of nitrogens with zero attached hydrogens (tertiary/aromatic N) is 3. The van der Waals surface area contributed by atoms with Gasteiger partial charge in [0, 0.05) is 23.4 Å². The molecule has 20 heavy (non-hydrogen) atoms. The zero-order chi connectivity index (χ0) is 13.8. The van der Waals surface area contributed by atoms with Crippen LogP contribution in [0.25, 0.3) is 0 Å². The van der Waals surface area contributed by atoms with E-state index in [9.17, 15) is 0 Å². The van der Waals surface area contributed by atoms with E-state index in [1.54, 1.807) is 18.0 Å². The van der Waals surface area contributed by atoms with E-state index in [1.807, 2.05) is 42.5 Å². The van der Waals surface area contributed by atoms with Crippen molar-refractivity contribution < 1.29 is 0 Å². The first-order chi connectivity index (χ1) is 9.81. The summed E-state index contributed by atoms with van der Waals surface area (Å²) in [5, 5.41) is 10.2. The van der Waals surface area contributed by atoms with Crippen molar-refractivity contribution in [2.24, 2.45) is 10.2 Å². The first-order valence-corrected chi connectivity index (χ1v) is 7.60. The molecule has 0 atom stereocenters. The van der Waals surface area contributed by atoms with E-state index in [-0.39, 0.29) is 0 Å². The molecule has 1 aliphatic rings. The molecule has 3 nitrogen and oxygen atoms in total. The van der Waals surface area contributed by atoms with Gasteiger partial charge in [-0.2, -0.15) is 5.10 Å². The number of hydrogen-bond donors (Lipinski definition) is 0. The molecule has 0 N–H and O–H groups in total. The van der Waals surface area contributed by atoms with Gasteiger partial charge < -0.3 is 0 Å². The van der Waals surface area contributed by atoms with Gasteiger partial charge in [0.05, 0.1) is 11.4 Å². The van der Waals surface area contributed by atoms with Gasteiger partial charge in [-0.15, -0.1) is 16.9 Å². The average Bonchev–Trinajstić information content (AvgIpc) is 2.95. The second-order valence-corrected chi connectivity index (χ2v) is 5.82. The van der Waals surface area contributed by atoms with Crippen LogP contribution in [0.2, 0.25) is 5.02 Å². The molecule has 0 fully saturated rings. The Morgan fingerprint density at radius 1 is 1.10 bits per heavy atom. The molecule has 100 valence electrons. The molecular formula is C15H12ClN3S. The van der Waals surface area contributed by atoms with Crippen LogP contribution in [0, 0.1) is 0 Å². The third-order valence-corrected chi connectivity index (χ3v) is 4.11. The van der Waals surface area contributed by atoms with Gasteiger partial charge in [0.1, 0.15) is 5.04 Å². The molecule has 0 saturated heterocycles. The Morgan fingerprint density at radius 2 is 2.05 bits per heavy atom. The summed E-state index contributed by atoms with van der Waals surface area (Å²) >= 11 is 7.67. The molecule has 2 aromatic rings. The largest absolute Gasteiger partial charge is 0.260 e. The normalized spacial score (nSPS) is 14.1. The Morgan fingerprint density at radius 3 is 2.85 bits per heavy atom. The molecule has 1 aliphatic heterocycles. The zero-order valence-corrected chi connectivity index (χ0v) is 12.2. The quantitative estimate of drug-likeness (QED) is 0.853. The van der Waals surface area contributed by atoms with Crippen LogP contribution in [0.5, 0.6) is 0 Å². The Labute approximate surface area is 126 Å². The highest BCUT2D eigenvalue weighted by molar-refractivity contribution is 8.13. The summed E-state index contributed by atoms with van der Waals surface area (Å²) in [6.45, 7) is 0. The second kappa shape index (κ2) is 6.20. The van der Waals surface area contributed by atoms with Crippen molar-refractivity contribution in [3.05, 3.63) is 64.9 Å². The summed E-state index contributed by atoms with van der Waals surface area (Å²) in [5.41, 5.74) is 3.06. The van der Waals surface area contributed by atoms with Crippen LogP contribution in [0.15, 0.2) is 58.9 Å². The van der Waals surface area contributed by atoms with E-state index < -0.39 is 0 Å². The lowest BCUT2D eigenvalue weighted by molar-refractivity contribution is 1.18. The molecule has 2 heterocycles. The van der Waals surface area contributed by atoms with E-state index in [1.165, 1.54) is 0 Å². The number of hydrogen-bond acceptors (Lipinski definition) is 4. The SMILES string of the molecule is Clc1cccc(C2=NN=C(SCc3ccccn3)C2)c1. The highest BCUT2D eigenvalue weighted by Crippen LogP contribution is 2.22. The van der Waals surface area contributed by atoms with Crippen molar-refractivity contribution in [2.75, 3.05) is 0 Å². The molecule has 5 heteroatoms. The lowest BCUT2D eigenvalue weighted by atomic mass is 10.1. The molecule has 0 amide bonds. The van der Waals surface area contributed by atoms with E-state index in [0.29, 0.717) is 0 Å². The number of halogens is 1. The Hall–Kier alpha value is -1.65. The van der Waals surface area contributed by atoms with Crippen molar-refractivity contribution in [1.29, 1.82) is 0 Å². The number of pyridine rings is 1. The summed E-state index contributed by atoms with van der Waals surface area (Å²) in [5.74, 6) is 0.817.